The number of amides is 1. The van der Waals surface area contributed by atoms with E-state index in [1.165, 1.54) is 5.69 Å². The molecule has 2 aliphatic rings. The van der Waals surface area contributed by atoms with Gasteiger partial charge in [0.1, 0.15) is 5.82 Å². The summed E-state index contributed by atoms with van der Waals surface area (Å²) in [6, 6.07) is 0. The van der Waals surface area contributed by atoms with Gasteiger partial charge in [-0.15, -0.1) is 0 Å². The van der Waals surface area contributed by atoms with Crippen LogP contribution in [0.3, 0.4) is 0 Å². The van der Waals surface area contributed by atoms with Crippen molar-refractivity contribution >= 4 is 17.7 Å². The molecule has 2 saturated heterocycles. The van der Waals surface area contributed by atoms with Crippen molar-refractivity contribution in [3.8, 4) is 0 Å². The minimum atomic E-state index is -0.132. The zero-order valence-electron chi connectivity index (χ0n) is 14.0. The van der Waals surface area contributed by atoms with Crippen molar-refractivity contribution in [3.63, 3.8) is 0 Å². The molecule has 0 radical (unpaired) electrons. The van der Waals surface area contributed by atoms with Crippen LogP contribution >= 0.6 is 11.8 Å². The van der Waals surface area contributed by atoms with Gasteiger partial charge in [-0.3, -0.25) is 9.69 Å². The average molecular weight is 338 g/mol. The molecule has 1 amide bonds. The summed E-state index contributed by atoms with van der Waals surface area (Å²) >= 11 is 1.59. The van der Waals surface area contributed by atoms with Gasteiger partial charge in [0, 0.05) is 44.6 Å². The molecule has 3 heterocycles. The Morgan fingerprint density at radius 3 is 2.87 bits per heavy atom. The molecule has 128 valence electrons. The number of morpholine rings is 1. The van der Waals surface area contributed by atoms with Crippen LogP contribution in [-0.4, -0.2) is 76.1 Å². The maximum Gasteiger partial charge on any atom is 0.232 e. The van der Waals surface area contributed by atoms with Gasteiger partial charge in [0.05, 0.1) is 18.0 Å². The molecule has 2 aliphatic heterocycles. The average Bonchev–Trinajstić information content (AvgIpc) is 2.95. The molecule has 0 unspecified atom stereocenters. The summed E-state index contributed by atoms with van der Waals surface area (Å²) in [5, 5.41) is 0. The van der Waals surface area contributed by atoms with E-state index < -0.39 is 0 Å². The van der Waals surface area contributed by atoms with Crippen LogP contribution in [0, 0.1) is 6.92 Å². The fourth-order valence-corrected chi connectivity index (χ4v) is 3.92. The van der Waals surface area contributed by atoms with E-state index >= 15 is 0 Å². The van der Waals surface area contributed by atoms with Crippen LogP contribution < -0.4 is 0 Å². The standard InChI is InChI=1S/C16H26N4O2S/c1-13-17-9-14(18-13)10-19-5-3-16(4-6-19)12-20(7-8-22-16)15(21)11-23-2/h9H,3-8,10-12H2,1-2H3,(H,17,18). The molecular weight excluding hydrogens is 312 g/mol. The van der Waals surface area contributed by atoms with Crippen LogP contribution in [0.5, 0.6) is 0 Å². The van der Waals surface area contributed by atoms with Gasteiger partial charge >= 0.3 is 0 Å². The quantitative estimate of drug-likeness (QED) is 0.896. The van der Waals surface area contributed by atoms with Crippen molar-refractivity contribution in [1.29, 1.82) is 0 Å². The number of imidazole rings is 1. The van der Waals surface area contributed by atoms with E-state index in [0.29, 0.717) is 12.4 Å². The van der Waals surface area contributed by atoms with Gasteiger partial charge in [0.2, 0.25) is 5.91 Å². The number of thioether (sulfide) groups is 1. The number of carbonyl (C=O) groups is 1. The number of nitrogens with one attached hydrogen (secondary N) is 1. The summed E-state index contributed by atoms with van der Waals surface area (Å²) in [4.78, 5) is 24.1. The Balaban J connectivity index is 1.53. The monoisotopic (exact) mass is 338 g/mol. The van der Waals surface area contributed by atoms with Gasteiger partial charge in [-0.1, -0.05) is 0 Å². The molecule has 1 aromatic heterocycles. The Hall–Kier alpha value is -1.05. The highest BCUT2D eigenvalue weighted by Crippen LogP contribution is 2.30. The minimum Gasteiger partial charge on any atom is -0.371 e. The number of likely N-dealkylation sites (tertiary alicyclic amines) is 1. The van der Waals surface area contributed by atoms with E-state index in [-0.39, 0.29) is 11.5 Å². The number of H-pyrrole nitrogens is 1. The van der Waals surface area contributed by atoms with Crippen molar-refractivity contribution in [3.05, 3.63) is 17.7 Å². The highest BCUT2D eigenvalue weighted by molar-refractivity contribution is 7.99. The van der Waals surface area contributed by atoms with E-state index in [1.54, 1.807) is 11.8 Å². The summed E-state index contributed by atoms with van der Waals surface area (Å²) in [6.07, 6.45) is 5.87. The SMILES string of the molecule is CSCC(=O)N1CCOC2(CCN(Cc3cnc(C)[nH]3)CC2)C1. The van der Waals surface area contributed by atoms with Gasteiger partial charge in [0.15, 0.2) is 0 Å². The maximum absolute atomic E-state index is 12.2. The van der Waals surface area contributed by atoms with E-state index in [9.17, 15) is 4.79 Å². The van der Waals surface area contributed by atoms with Gasteiger partial charge in [-0.05, 0) is 26.0 Å². The lowest BCUT2D eigenvalue weighted by Gasteiger charge is -2.47. The fourth-order valence-electron chi connectivity index (χ4n) is 3.49. The normalized spacial score (nSPS) is 21.7. The molecule has 7 heteroatoms. The molecule has 3 rings (SSSR count). The summed E-state index contributed by atoms with van der Waals surface area (Å²) in [5.41, 5.74) is 1.03. The second-order valence-electron chi connectivity index (χ2n) is 6.55. The van der Waals surface area contributed by atoms with Crippen LogP contribution in [0.1, 0.15) is 24.4 Å². The highest BCUT2D eigenvalue weighted by Gasteiger charge is 2.40. The number of piperidine rings is 1. The van der Waals surface area contributed by atoms with Gasteiger partial charge in [0.25, 0.3) is 0 Å². The highest BCUT2D eigenvalue weighted by atomic mass is 32.2. The first kappa shape index (κ1) is 16.8. The zero-order chi connectivity index (χ0) is 16.3. The smallest absolute Gasteiger partial charge is 0.232 e. The Bertz CT molecular complexity index is 540. The third-order valence-corrected chi connectivity index (χ3v) is 5.32. The molecule has 0 atom stereocenters. The number of nitrogens with zero attached hydrogens (tertiary/aromatic N) is 3. The molecule has 23 heavy (non-hydrogen) atoms. The second kappa shape index (κ2) is 7.23. The molecule has 1 aromatic rings. The number of aryl methyl sites for hydroxylation is 1. The molecule has 0 aromatic carbocycles. The van der Waals surface area contributed by atoms with Crippen molar-refractivity contribution in [2.45, 2.75) is 31.9 Å². The first-order valence-corrected chi connectivity index (χ1v) is 9.63. The van der Waals surface area contributed by atoms with Crippen molar-refractivity contribution in [2.24, 2.45) is 0 Å². The van der Waals surface area contributed by atoms with E-state index in [1.807, 2.05) is 24.3 Å². The Labute approximate surface area is 142 Å². The van der Waals surface area contributed by atoms with Gasteiger partial charge < -0.3 is 14.6 Å². The molecule has 1 N–H and O–H groups in total. The van der Waals surface area contributed by atoms with Crippen LogP contribution in [0.2, 0.25) is 0 Å². The summed E-state index contributed by atoms with van der Waals surface area (Å²) in [7, 11) is 0. The molecule has 0 bridgehead atoms. The first-order valence-electron chi connectivity index (χ1n) is 8.24. The number of ether oxygens (including phenoxy) is 1. The van der Waals surface area contributed by atoms with Crippen molar-refractivity contribution in [2.75, 3.05) is 44.8 Å². The van der Waals surface area contributed by atoms with Crippen LogP contribution in [-0.2, 0) is 16.1 Å². The van der Waals surface area contributed by atoms with E-state index in [2.05, 4.69) is 14.9 Å². The molecule has 6 nitrogen and oxygen atoms in total. The Kier molecular flexibility index (Phi) is 5.28. The van der Waals surface area contributed by atoms with E-state index in [4.69, 9.17) is 4.74 Å². The van der Waals surface area contributed by atoms with Crippen molar-refractivity contribution in [1.82, 2.24) is 19.8 Å². The predicted octanol–water partition coefficient (Wildman–Crippen LogP) is 1.27. The lowest BCUT2D eigenvalue weighted by Crippen LogP contribution is -2.58. The van der Waals surface area contributed by atoms with Gasteiger partial charge in [-0.2, -0.15) is 11.8 Å². The number of hydrogen-bond acceptors (Lipinski definition) is 5. The van der Waals surface area contributed by atoms with Crippen molar-refractivity contribution < 1.29 is 9.53 Å². The van der Waals surface area contributed by atoms with Crippen LogP contribution in [0.4, 0.5) is 0 Å². The topological polar surface area (TPSA) is 61.5 Å². The maximum atomic E-state index is 12.2. The summed E-state index contributed by atoms with van der Waals surface area (Å²) in [5.74, 6) is 1.78. The lowest BCUT2D eigenvalue weighted by atomic mass is 9.89. The Morgan fingerprint density at radius 1 is 1.43 bits per heavy atom. The number of aromatic amines is 1. The van der Waals surface area contributed by atoms with E-state index in [0.717, 1.165) is 51.4 Å². The van der Waals surface area contributed by atoms with Gasteiger partial charge in [-0.25, -0.2) is 4.98 Å². The third-order valence-electron chi connectivity index (χ3n) is 4.79. The first-order chi connectivity index (χ1) is 11.1. The largest absolute Gasteiger partial charge is 0.371 e. The number of hydrogen-bond donors (Lipinski definition) is 1. The predicted molar refractivity (Wildman–Crippen MR) is 91.5 cm³/mol. The fraction of sp³-hybridized carbons (Fsp3) is 0.750. The number of aromatic nitrogens is 2. The third kappa shape index (κ3) is 4.08. The summed E-state index contributed by atoms with van der Waals surface area (Å²) < 4.78 is 6.12. The summed E-state index contributed by atoms with van der Waals surface area (Å²) in [6.45, 7) is 7.05. The number of carbonyl (C=O) groups excluding carboxylic acids is 1. The molecule has 1 spiro atoms. The minimum absolute atomic E-state index is 0.132. The molecule has 0 aliphatic carbocycles. The lowest BCUT2D eigenvalue weighted by molar-refractivity contribution is -0.157. The number of rotatable bonds is 4. The second-order valence-corrected chi connectivity index (χ2v) is 7.42. The zero-order valence-corrected chi connectivity index (χ0v) is 14.8. The molecule has 2 fully saturated rings. The van der Waals surface area contributed by atoms with Crippen LogP contribution in [0.25, 0.3) is 0 Å². The Morgan fingerprint density at radius 2 is 2.22 bits per heavy atom. The molecular formula is C16H26N4O2S. The molecule has 0 saturated carbocycles. The van der Waals surface area contributed by atoms with Crippen LogP contribution in [0.15, 0.2) is 6.20 Å².